The van der Waals surface area contributed by atoms with Gasteiger partial charge in [0.2, 0.25) is 0 Å². The van der Waals surface area contributed by atoms with Crippen LogP contribution in [0.15, 0.2) is 30.3 Å². The van der Waals surface area contributed by atoms with E-state index in [4.69, 9.17) is 4.74 Å². The summed E-state index contributed by atoms with van der Waals surface area (Å²) in [7, 11) is 0. The highest BCUT2D eigenvalue weighted by Gasteiger charge is 2.12. The van der Waals surface area contributed by atoms with E-state index in [0.29, 0.717) is 0 Å². The van der Waals surface area contributed by atoms with E-state index < -0.39 is 6.10 Å². The van der Waals surface area contributed by atoms with E-state index in [1.54, 1.807) is 0 Å². The molecule has 0 amide bonds. The summed E-state index contributed by atoms with van der Waals surface area (Å²) in [5.41, 5.74) is 6.77. The second-order valence-corrected chi connectivity index (χ2v) is 5.82. The predicted molar refractivity (Wildman–Crippen MR) is 87.0 cm³/mol. The monoisotopic (exact) mass is 284 g/mol. The van der Waals surface area contributed by atoms with Crippen molar-refractivity contribution in [3.05, 3.63) is 63.7 Å². The van der Waals surface area contributed by atoms with Crippen molar-refractivity contribution in [1.82, 2.24) is 0 Å². The molecule has 0 aromatic heterocycles. The smallest absolute Gasteiger partial charge is 0.125 e. The van der Waals surface area contributed by atoms with E-state index in [-0.39, 0.29) is 6.61 Å². The molecule has 0 fully saturated rings. The van der Waals surface area contributed by atoms with Gasteiger partial charge in [-0.2, -0.15) is 0 Å². The fourth-order valence-corrected chi connectivity index (χ4v) is 2.38. The minimum absolute atomic E-state index is 0.271. The Morgan fingerprint density at radius 3 is 2.14 bits per heavy atom. The van der Waals surface area contributed by atoms with Gasteiger partial charge in [-0.15, -0.1) is 0 Å². The van der Waals surface area contributed by atoms with Gasteiger partial charge in [-0.25, -0.2) is 0 Å². The second-order valence-electron chi connectivity index (χ2n) is 5.82. The number of benzene rings is 2. The Hall–Kier alpha value is -1.80. The molecule has 2 heteroatoms. The Balaban J connectivity index is 2.12. The average molecular weight is 284 g/mol. The zero-order valence-corrected chi connectivity index (χ0v) is 13.5. The first-order valence-electron chi connectivity index (χ1n) is 7.35. The van der Waals surface area contributed by atoms with Gasteiger partial charge >= 0.3 is 0 Å². The molecule has 1 unspecified atom stereocenters. The average Bonchev–Trinajstić information content (AvgIpc) is 2.45. The van der Waals surface area contributed by atoms with Crippen LogP contribution in [0.3, 0.4) is 0 Å². The third-order valence-corrected chi connectivity index (χ3v) is 4.17. The molecule has 0 bridgehead atoms. The highest BCUT2D eigenvalue weighted by atomic mass is 16.5. The first-order valence-corrected chi connectivity index (χ1v) is 7.35. The summed E-state index contributed by atoms with van der Waals surface area (Å²) >= 11 is 0. The molecule has 0 saturated carbocycles. The number of aliphatic hydroxyl groups excluding tert-OH is 1. The lowest BCUT2D eigenvalue weighted by Crippen LogP contribution is -2.11. The van der Waals surface area contributed by atoms with Crippen molar-refractivity contribution in [3.63, 3.8) is 0 Å². The zero-order chi connectivity index (χ0) is 15.6. The topological polar surface area (TPSA) is 29.5 Å². The molecule has 0 heterocycles. The van der Waals surface area contributed by atoms with Crippen molar-refractivity contribution in [2.24, 2.45) is 0 Å². The van der Waals surface area contributed by atoms with Crippen molar-refractivity contribution in [2.75, 3.05) is 6.61 Å². The van der Waals surface area contributed by atoms with Crippen LogP contribution in [0.5, 0.6) is 5.75 Å². The van der Waals surface area contributed by atoms with Gasteiger partial charge in [0.05, 0.1) is 0 Å². The maximum absolute atomic E-state index is 10.3. The Labute approximate surface area is 127 Å². The molecular weight excluding hydrogens is 260 g/mol. The summed E-state index contributed by atoms with van der Waals surface area (Å²) in [6.45, 7) is 10.6. The van der Waals surface area contributed by atoms with Crippen LogP contribution < -0.4 is 4.74 Å². The molecule has 0 aliphatic carbocycles. The van der Waals surface area contributed by atoms with E-state index >= 15 is 0 Å². The summed E-state index contributed by atoms with van der Waals surface area (Å²) in [5, 5.41) is 10.3. The van der Waals surface area contributed by atoms with Crippen molar-refractivity contribution < 1.29 is 9.84 Å². The van der Waals surface area contributed by atoms with Gasteiger partial charge in [0.25, 0.3) is 0 Å². The molecular formula is C19H24O2. The molecule has 2 aromatic rings. The van der Waals surface area contributed by atoms with Crippen LogP contribution in [0.2, 0.25) is 0 Å². The van der Waals surface area contributed by atoms with Crippen LogP contribution in [-0.2, 0) is 0 Å². The summed E-state index contributed by atoms with van der Waals surface area (Å²) in [6, 6.07) is 10.2. The molecule has 2 rings (SSSR count). The van der Waals surface area contributed by atoms with E-state index in [2.05, 4.69) is 39.8 Å². The molecule has 0 radical (unpaired) electrons. The second kappa shape index (κ2) is 6.31. The number of aliphatic hydroxyl groups is 1. The van der Waals surface area contributed by atoms with E-state index in [0.717, 1.165) is 22.4 Å². The summed E-state index contributed by atoms with van der Waals surface area (Å²) in [6.07, 6.45) is -0.608. The van der Waals surface area contributed by atoms with Gasteiger partial charge in [0, 0.05) is 0 Å². The first-order chi connectivity index (χ1) is 9.90. The van der Waals surface area contributed by atoms with Gasteiger partial charge in [0.1, 0.15) is 18.5 Å². The van der Waals surface area contributed by atoms with Crippen LogP contribution in [0.25, 0.3) is 0 Å². The molecule has 0 saturated heterocycles. The Bertz CT molecular complexity index is 644. The van der Waals surface area contributed by atoms with E-state index in [1.165, 1.54) is 16.7 Å². The Morgan fingerprint density at radius 2 is 1.48 bits per heavy atom. The number of aryl methyl sites for hydroxylation is 4. The largest absolute Gasteiger partial charge is 0.490 e. The molecule has 2 aromatic carbocycles. The van der Waals surface area contributed by atoms with Gasteiger partial charge in [-0.1, -0.05) is 30.3 Å². The molecule has 1 atom stereocenters. The molecule has 21 heavy (non-hydrogen) atoms. The maximum Gasteiger partial charge on any atom is 0.125 e. The van der Waals surface area contributed by atoms with Gasteiger partial charge in [-0.05, 0) is 68.0 Å². The Morgan fingerprint density at radius 1 is 0.857 bits per heavy atom. The number of rotatable bonds is 4. The van der Waals surface area contributed by atoms with E-state index in [1.807, 2.05) is 25.1 Å². The third-order valence-electron chi connectivity index (χ3n) is 4.17. The fourth-order valence-electron chi connectivity index (χ4n) is 2.38. The SMILES string of the molecule is Cc1ccc(C(O)COc2c(C)ccc(C)c2C)cc1C. The summed E-state index contributed by atoms with van der Waals surface area (Å²) < 4.78 is 5.88. The minimum Gasteiger partial charge on any atom is -0.490 e. The minimum atomic E-state index is -0.608. The molecule has 0 aliphatic rings. The molecule has 0 aliphatic heterocycles. The highest BCUT2D eigenvalue weighted by Crippen LogP contribution is 2.27. The summed E-state index contributed by atoms with van der Waals surface area (Å²) in [5.74, 6) is 0.887. The maximum atomic E-state index is 10.3. The lowest BCUT2D eigenvalue weighted by molar-refractivity contribution is 0.107. The lowest BCUT2D eigenvalue weighted by Gasteiger charge is -2.17. The van der Waals surface area contributed by atoms with Crippen molar-refractivity contribution in [2.45, 2.75) is 40.7 Å². The number of hydrogen-bond acceptors (Lipinski definition) is 2. The number of hydrogen-bond donors (Lipinski definition) is 1. The van der Waals surface area contributed by atoms with Crippen molar-refractivity contribution in [3.8, 4) is 5.75 Å². The molecule has 112 valence electrons. The van der Waals surface area contributed by atoms with Crippen LogP contribution in [-0.4, -0.2) is 11.7 Å². The van der Waals surface area contributed by atoms with Crippen molar-refractivity contribution in [1.29, 1.82) is 0 Å². The van der Waals surface area contributed by atoms with Crippen LogP contribution in [0.1, 0.15) is 39.5 Å². The molecule has 0 spiro atoms. The Kier molecular flexibility index (Phi) is 4.69. The van der Waals surface area contributed by atoms with Crippen LogP contribution >= 0.6 is 0 Å². The lowest BCUT2D eigenvalue weighted by atomic mass is 10.0. The normalized spacial score (nSPS) is 12.3. The van der Waals surface area contributed by atoms with Crippen molar-refractivity contribution >= 4 is 0 Å². The summed E-state index contributed by atoms with van der Waals surface area (Å²) in [4.78, 5) is 0. The first kappa shape index (κ1) is 15.6. The quantitative estimate of drug-likeness (QED) is 0.905. The standard InChI is InChI=1S/C19H24O2/c1-12-8-9-17(10-15(12)4)18(20)11-21-19-14(3)7-6-13(2)16(19)5/h6-10,18,20H,11H2,1-5H3. The predicted octanol–water partition coefficient (Wildman–Crippen LogP) is 4.34. The van der Waals surface area contributed by atoms with E-state index in [9.17, 15) is 5.11 Å². The van der Waals surface area contributed by atoms with Gasteiger partial charge < -0.3 is 9.84 Å². The fraction of sp³-hybridized carbons (Fsp3) is 0.368. The molecule has 1 N–H and O–H groups in total. The van der Waals surface area contributed by atoms with Gasteiger partial charge in [0.15, 0.2) is 0 Å². The highest BCUT2D eigenvalue weighted by molar-refractivity contribution is 5.44. The zero-order valence-electron chi connectivity index (χ0n) is 13.5. The number of ether oxygens (including phenoxy) is 1. The third kappa shape index (κ3) is 3.45. The van der Waals surface area contributed by atoms with Crippen LogP contribution in [0.4, 0.5) is 0 Å². The van der Waals surface area contributed by atoms with Gasteiger partial charge in [-0.3, -0.25) is 0 Å². The van der Waals surface area contributed by atoms with Crippen LogP contribution in [0, 0.1) is 34.6 Å². The molecule has 2 nitrogen and oxygen atoms in total.